The molecule has 0 aliphatic rings. The van der Waals surface area contributed by atoms with Crippen LogP contribution in [-0.4, -0.2) is 23.8 Å². The molecule has 0 radical (unpaired) electrons. The van der Waals surface area contributed by atoms with Crippen LogP contribution in [0.25, 0.3) is 10.9 Å². The monoisotopic (exact) mass is 387 g/mol. The van der Waals surface area contributed by atoms with Crippen LogP contribution in [0.3, 0.4) is 0 Å². The molecule has 136 valence electrons. The first kappa shape index (κ1) is 18.9. The second-order valence-electron chi connectivity index (χ2n) is 6.36. The van der Waals surface area contributed by atoms with E-state index < -0.39 is 0 Å². The van der Waals surface area contributed by atoms with Gasteiger partial charge in [0.25, 0.3) is 0 Å². The van der Waals surface area contributed by atoms with Crippen molar-refractivity contribution in [2.75, 3.05) is 12.9 Å². The fourth-order valence-electron chi connectivity index (χ4n) is 3.40. The van der Waals surface area contributed by atoms with E-state index in [1.54, 1.807) is 11.8 Å². The number of hydrogen-bond donors (Lipinski definition) is 1. The number of aromatic amines is 1. The summed E-state index contributed by atoms with van der Waals surface area (Å²) >= 11 is 7.95. The highest BCUT2D eigenvalue weighted by Gasteiger charge is 2.26. The maximum Gasteiger partial charge on any atom is 0.355 e. The number of fused-ring (bicyclic) bond motifs is 1. The number of rotatable bonds is 5. The third kappa shape index (κ3) is 3.62. The fraction of sp³-hybridized carbons (Fsp3) is 0.286. The average molecular weight is 388 g/mol. The molecular weight excluding hydrogens is 366 g/mol. The lowest BCUT2D eigenvalue weighted by Crippen LogP contribution is -2.10. The van der Waals surface area contributed by atoms with E-state index in [0.717, 1.165) is 16.5 Å². The molecule has 1 atom stereocenters. The Hall–Kier alpha value is -1.91. The van der Waals surface area contributed by atoms with Gasteiger partial charge in [-0.1, -0.05) is 40.9 Å². The Kier molecular flexibility index (Phi) is 5.64. The first-order valence-electron chi connectivity index (χ1n) is 8.53. The first-order chi connectivity index (χ1) is 12.4. The molecular formula is C21H22ClNO2S. The van der Waals surface area contributed by atoms with E-state index in [1.807, 2.05) is 25.1 Å². The molecule has 0 saturated carbocycles. The number of carbonyl (C=O) groups is 1. The van der Waals surface area contributed by atoms with Crippen molar-refractivity contribution in [3.63, 3.8) is 0 Å². The van der Waals surface area contributed by atoms with Crippen molar-refractivity contribution < 1.29 is 9.53 Å². The van der Waals surface area contributed by atoms with E-state index in [4.69, 9.17) is 16.3 Å². The number of thioether (sulfide) groups is 1. The lowest BCUT2D eigenvalue weighted by atomic mass is 9.98. The molecule has 1 unspecified atom stereocenters. The molecule has 0 fully saturated rings. The summed E-state index contributed by atoms with van der Waals surface area (Å²) in [7, 11) is 0. The third-order valence-corrected chi connectivity index (χ3v) is 5.54. The molecule has 1 heterocycles. The highest BCUT2D eigenvalue weighted by atomic mass is 35.5. The van der Waals surface area contributed by atoms with Crippen LogP contribution in [0.15, 0.2) is 36.4 Å². The van der Waals surface area contributed by atoms with Crippen LogP contribution in [0.2, 0.25) is 5.02 Å². The zero-order valence-electron chi connectivity index (χ0n) is 15.4. The van der Waals surface area contributed by atoms with E-state index in [9.17, 15) is 4.79 Å². The number of benzene rings is 2. The smallest absolute Gasteiger partial charge is 0.355 e. The molecule has 1 aromatic heterocycles. The summed E-state index contributed by atoms with van der Waals surface area (Å²) in [5.74, 6) is -0.335. The van der Waals surface area contributed by atoms with Crippen LogP contribution in [0.1, 0.15) is 44.9 Å². The number of hydrogen-bond acceptors (Lipinski definition) is 3. The Balaban J connectivity index is 2.26. The minimum Gasteiger partial charge on any atom is -0.461 e. The number of carbonyl (C=O) groups excluding carboxylic acids is 1. The number of H-pyrrole nitrogens is 1. The summed E-state index contributed by atoms with van der Waals surface area (Å²) in [6, 6.07) is 12.1. The van der Waals surface area contributed by atoms with Gasteiger partial charge in [-0.3, -0.25) is 0 Å². The topological polar surface area (TPSA) is 42.1 Å². The Morgan fingerprint density at radius 3 is 2.50 bits per heavy atom. The summed E-state index contributed by atoms with van der Waals surface area (Å²) in [4.78, 5) is 15.9. The largest absolute Gasteiger partial charge is 0.461 e. The Morgan fingerprint density at radius 1 is 1.19 bits per heavy atom. The van der Waals surface area contributed by atoms with E-state index in [2.05, 4.69) is 43.3 Å². The van der Waals surface area contributed by atoms with E-state index >= 15 is 0 Å². The second kappa shape index (κ2) is 7.77. The van der Waals surface area contributed by atoms with Crippen LogP contribution in [-0.2, 0) is 4.74 Å². The summed E-state index contributed by atoms with van der Waals surface area (Å²) in [6.07, 6.45) is 2.06. The Morgan fingerprint density at radius 2 is 1.88 bits per heavy atom. The molecule has 3 aromatic rings. The van der Waals surface area contributed by atoms with Gasteiger partial charge in [0, 0.05) is 21.5 Å². The standard InChI is InChI=1S/C21H22ClNO2S/c1-5-25-21(24)19-18(16-11-15(22)6-7-17(16)23-19)20(26-4)14-9-12(2)8-13(3)10-14/h6-11,20,23H,5H2,1-4H3. The van der Waals surface area contributed by atoms with Gasteiger partial charge in [0.1, 0.15) is 5.69 Å². The Bertz CT molecular complexity index is 944. The number of esters is 1. The van der Waals surface area contributed by atoms with E-state index in [-0.39, 0.29) is 11.2 Å². The van der Waals surface area contributed by atoms with Crippen LogP contribution >= 0.6 is 23.4 Å². The third-order valence-electron chi connectivity index (χ3n) is 4.33. The summed E-state index contributed by atoms with van der Waals surface area (Å²) in [6.45, 7) is 6.33. The second-order valence-corrected chi connectivity index (χ2v) is 7.74. The average Bonchev–Trinajstić information content (AvgIpc) is 2.94. The van der Waals surface area contributed by atoms with Gasteiger partial charge in [0.05, 0.1) is 11.9 Å². The van der Waals surface area contributed by atoms with Gasteiger partial charge in [-0.05, 0) is 50.8 Å². The minimum absolute atomic E-state index is 0.000206. The highest BCUT2D eigenvalue weighted by Crippen LogP contribution is 2.41. The maximum atomic E-state index is 12.6. The quantitative estimate of drug-likeness (QED) is 0.540. The van der Waals surface area contributed by atoms with Crippen LogP contribution in [0.5, 0.6) is 0 Å². The highest BCUT2D eigenvalue weighted by molar-refractivity contribution is 7.99. The molecule has 2 aromatic carbocycles. The van der Waals surface area contributed by atoms with Crippen molar-refractivity contribution in [1.82, 2.24) is 4.98 Å². The molecule has 0 bridgehead atoms. The summed E-state index contributed by atoms with van der Waals surface area (Å²) in [5, 5.41) is 1.60. The van der Waals surface area contributed by atoms with Crippen molar-refractivity contribution in [2.45, 2.75) is 26.0 Å². The summed E-state index contributed by atoms with van der Waals surface area (Å²) in [5.41, 5.74) is 5.89. The normalized spacial score (nSPS) is 12.3. The number of nitrogens with one attached hydrogen (secondary N) is 1. The van der Waals surface area contributed by atoms with Crippen LogP contribution in [0.4, 0.5) is 0 Å². The summed E-state index contributed by atoms with van der Waals surface area (Å²) < 4.78 is 5.29. The van der Waals surface area contributed by atoms with Gasteiger partial charge >= 0.3 is 5.97 Å². The molecule has 0 spiro atoms. The van der Waals surface area contributed by atoms with Gasteiger partial charge in [0.2, 0.25) is 0 Å². The zero-order chi connectivity index (χ0) is 18.8. The fourth-order valence-corrected chi connectivity index (χ4v) is 4.46. The van der Waals surface area contributed by atoms with Crippen LogP contribution in [0, 0.1) is 13.8 Å². The van der Waals surface area contributed by atoms with Gasteiger partial charge in [-0.15, -0.1) is 0 Å². The Labute approximate surface area is 163 Å². The minimum atomic E-state index is -0.335. The molecule has 0 aliphatic carbocycles. The van der Waals surface area contributed by atoms with Crippen molar-refractivity contribution in [3.05, 3.63) is 69.4 Å². The molecule has 0 aliphatic heterocycles. The lowest BCUT2D eigenvalue weighted by molar-refractivity contribution is 0.0519. The zero-order valence-corrected chi connectivity index (χ0v) is 16.9. The maximum absolute atomic E-state index is 12.6. The van der Waals surface area contributed by atoms with Gasteiger partial charge < -0.3 is 9.72 Å². The predicted molar refractivity (Wildman–Crippen MR) is 111 cm³/mol. The van der Waals surface area contributed by atoms with Gasteiger partial charge in [-0.2, -0.15) is 11.8 Å². The number of halogens is 1. The number of ether oxygens (including phenoxy) is 1. The molecule has 3 rings (SSSR count). The number of aryl methyl sites for hydroxylation is 2. The van der Waals surface area contributed by atoms with Crippen LogP contribution < -0.4 is 0 Å². The lowest BCUT2D eigenvalue weighted by Gasteiger charge is -2.18. The van der Waals surface area contributed by atoms with E-state index in [1.165, 1.54) is 16.7 Å². The molecule has 0 saturated heterocycles. The SMILES string of the molecule is CCOC(=O)c1[nH]c2ccc(Cl)cc2c1C(SC)c1cc(C)cc(C)c1. The molecule has 1 N–H and O–H groups in total. The van der Waals surface area contributed by atoms with Crippen molar-refractivity contribution >= 4 is 40.2 Å². The van der Waals surface area contributed by atoms with Crippen molar-refractivity contribution in [1.29, 1.82) is 0 Å². The number of aromatic nitrogens is 1. The van der Waals surface area contributed by atoms with Gasteiger partial charge in [0.15, 0.2) is 0 Å². The molecule has 3 nitrogen and oxygen atoms in total. The molecule has 26 heavy (non-hydrogen) atoms. The van der Waals surface area contributed by atoms with Crippen molar-refractivity contribution in [3.8, 4) is 0 Å². The van der Waals surface area contributed by atoms with E-state index in [0.29, 0.717) is 17.3 Å². The van der Waals surface area contributed by atoms with Gasteiger partial charge in [-0.25, -0.2) is 4.79 Å². The van der Waals surface area contributed by atoms with Crippen molar-refractivity contribution in [2.24, 2.45) is 0 Å². The predicted octanol–water partition coefficient (Wildman–Crippen LogP) is 6.07. The molecule has 5 heteroatoms. The first-order valence-corrected chi connectivity index (χ1v) is 10.2. The molecule has 0 amide bonds.